The van der Waals surface area contributed by atoms with Crippen LogP contribution in [0.3, 0.4) is 0 Å². The molecule has 1 aromatic heterocycles. The minimum Gasteiger partial charge on any atom is -0.494 e. The highest BCUT2D eigenvalue weighted by Gasteiger charge is 2.26. The summed E-state index contributed by atoms with van der Waals surface area (Å²) in [7, 11) is 1.68. The predicted molar refractivity (Wildman–Crippen MR) is 93.9 cm³/mol. The quantitative estimate of drug-likeness (QED) is 0.796. The second-order valence-corrected chi connectivity index (χ2v) is 6.00. The second-order valence-electron chi connectivity index (χ2n) is 6.00. The van der Waals surface area contributed by atoms with Crippen LogP contribution in [0.4, 0.5) is 5.82 Å². The third kappa shape index (κ3) is 2.14. The lowest BCUT2D eigenvalue weighted by atomic mass is 10.1. The Hall–Kier alpha value is -3.15. The number of benzene rings is 2. The van der Waals surface area contributed by atoms with Crippen molar-refractivity contribution in [3.8, 4) is 34.2 Å². The van der Waals surface area contributed by atoms with Gasteiger partial charge in [0, 0.05) is 17.7 Å². The van der Waals surface area contributed by atoms with E-state index in [9.17, 15) is 0 Å². The largest absolute Gasteiger partial charge is 0.494 e. The van der Waals surface area contributed by atoms with Crippen molar-refractivity contribution in [2.45, 2.75) is 6.42 Å². The lowest BCUT2D eigenvalue weighted by Gasteiger charge is -2.10. The molecule has 0 radical (unpaired) electrons. The summed E-state index contributed by atoms with van der Waals surface area (Å²) in [5.74, 6) is 3.36. The Labute approximate surface area is 144 Å². The van der Waals surface area contributed by atoms with E-state index in [1.54, 1.807) is 7.11 Å². The first-order valence-electron chi connectivity index (χ1n) is 8.24. The summed E-state index contributed by atoms with van der Waals surface area (Å²) in [4.78, 5) is 0. The Balaban J connectivity index is 1.68. The van der Waals surface area contributed by atoms with Gasteiger partial charge in [-0.1, -0.05) is 12.1 Å². The van der Waals surface area contributed by atoms with Crippen LogP contribution >= 0.6 is 0 Å². The first kappa shape index (κ1) is 14.2. The van der Waals surface area contributed by atoms with Crippen molar-refractivity contribution in [3.05, 3.63) is 48.0 Å². The summed E-state index contributed by atoms with van der Waals surface area (Å²) < 4.78 is 18.4. The number of ether oxygens (including phenoxy) is 3. The van der Waals surface area contributed by atoms with E-state index in [0.29, 0.717) is 0 Å². The van der Waals surface area contributed by atoms with Crippen LogP contribution in [0.1, 0.15) is 5.56 Å². The van der Waals surface area contributed by atoms with Crippen LogP contribution in [-0.2, 0) is 6.42 Å². The van der Waals surface area contributed by atoms with Gasteiger partial charge in [0.2, 0.25) is 6.79 Å². The molecule has 1 N–H and O–H groups in total. The van der Waals surface area contributed by atoms with Crippen molar-refractivity contribution in [2.75, 3.05) is 25.8 Å². The lowest BCUT2D eigenvalue weighted by Crippen LogP contribution is -2.05. The minimum absolute atomic E-state index is 0.272. The number of hydrogen-bond donors (Lipinski definition) is 1. The van der Waals surface area contributed by atoms with Crippen molar-refractivity contribution in [1.82, 2.24) is 9.78 Å². The number of aromatic nitrogens is 2. The Kier molecular flexibility index (Phi) is 3.09. The van der Waals surface area contributed by atoms with Gasteiger partial charge in [-0.15, -0.1) is 0 Å². The molecule has 0 bridgehead atoms. The number of nitrogens with zero attached hydrogens (tertiary/aromatic N) is 2. The minimum atomic E-state index is 0.272. The maximum atomic E-state index is 5.52. The van der Waals surface area contributed by atoms with Gasteiger partial charge >= 0.3 is 0 Å². The first-order valence-corrected chi connectivity index (χ1v) is 8.24. The molecule has 2 aliphatic rings. The lowest BCUT2D eigenvalue weighted by molar-refractivity contribution is 0.174. The molecule has 2 aliphatic heterocycles. The number of methoxy groups -OCH3 is 1. The summed E-state index contributed by atoms with van der Waals surface area (Å²) in [5.41, 5.74) is 4.12. The van der Waals surface area contributed by atoms with Crippen molar-refractivity contribution >= 4 is 5.82 Å². The fourth-order valence-corrected chi connectivity index (χ4v) is 3.43. The van der Waals surface area contributed by atoms with Gasteiger partial charge in [-0.25, -0.2) is 4.68 Å². The van der Waals surface area contributed by atoms with Crippen molar-refractivity contribution in [3.63, 3.8) is 0 Å². The fraction of sp³-hybridized carbons (Fsp3) is 0.211. The maximum absolute atomic E-state index is 5.52. The van der Waals surface area contributed by atoms with Crippen LogP contribution in [0.5, 0.6) is 17.2 Å². The van der Waals surface area contributed by atoms with Gasteiger partial charge in [-0.05, 0) is 36.8 Å². The molecule has 2 aromatic carbocycles. The molecule has 0 unspecified atom stereocenters. The number of fused-ring (bicyclic) bond motifs is 2. The van der Waals surface area contributed by atoms with E-state index in [0.717, 1.165) is 53.0 Å². The van der Waals surface area contributed by atoms with E-state index in [1.807, 2.05) is 47.1 Å². The number of rotatable bonds is 3. The molecule has 0 saturated heterocycles. The molecule has 3 aromatic rings. The highest BCUT2D eigenvalue weighted by atomic mass is 16.7. The Morgan fingerprint density at radius 3 is 2.92 bits per heavy atom. The Bertz CT molecular complexity index is 965. The van der Waals surface area contributed by atoms with Crippen LogP contribution in [0.2, 0.25) is 0 Å². The maximum Gasteiger partial charge on any atom is 0.231 e. The van der Waals surface area contributed by atoms with Gasteiger partial charge in [-0.3, -0.25) is 0 Å². The van der Waals surface area contributed by atoms with Crippen molar-refractivity contribution in [2.24, 2.45) is 0 Å². The molecule has 0 saturated carbocycles. The van der Waals surface area contributed by atoms with Crippen LogP contribution < -0.4 is 19.5 Å². The van der Waals surface area contributed by atoms with Crippen LogP contribution in [0.15, 0.2) is 42.5 Å². The van der Waals surface area contributed by atoms with Gasteiger partial charge < -0.3 is 19.5 Å². The third-order valence-corrected chi connectivity index (χ3v) is 4.61. The van der Waals surface area contributed by atoms with Crippen molar-refractivity contribution < 1.29 is 14.2 Å². The zero-order valence-electron chi connectivity index (χ0n) is 13.8. The van der Waals surface area contributed by atoms with Crippen LogP contribution in [0, 0.1) is 0 Å². The monoisotopic (exact) mass is 335 g/mol. The van der Waals surface area contributed by atoms with Gasteiger partial charge in [0.15, 0.2) is 11.5 Å². The highest BCUT2D eigenvalue weighted by Crippen LogP contribution is 2.40. The van der Waals surface area contributed by atoms with Crippen molar-refractivity contribution in [1.29, 1.82) is 0 Å². The topological polar surface area (TPSA) is 57.5 Å². The number of anilines is 1. The normalized spacial score (nSPS) is 14.3. The second kappa shape index (κ2) is 5.44. The molecule has 0 atom stereocenters. The standard InChI is InChI=1S/C19H17N3O3/c1-23-15-5-3-2-4-14(15)22-19-13(8-9-20-19)18(21-22)12-6-7-16-17(10-12)25-11-24-16/h2-7,10,20H,8-9,11H2,1H3. The molecule has 0 aliphatic carbocycles. The Morgan fingerprint density at radius 2 is 2.00 bits per heavy atom. The molecule has 5 rings (SSSR count). The van der Waals surface area contributed by atoms with Gasteiger partial charge in [0.05, 0.1) is 12.8 Å². The summed E-state index contributed by atoms with van der Waals surface area (Å²) in [6.45, 7) is 1.17. The van der Waals surface area contributed by atoms with E-state index in [-0.39, 0.29) is 6.79 Å². The zero-order valence-corrected chi connectivity index (χ0v) is 13.8. The summed E-state index contributed by atoms with van der Waals surface area (Å²) in [6.07, 6.45) is 0.939. The van der Waals surface area contributed by atoms with E-state index >= 15 is 0 Å². The summed E-state index contributed by atoms with van der Waals surface area (Å²) in [5, 5.41) is 8.33. The molecule has 0 fully saturated rings. The molecule has 6 heteroatoms. The number of nitrogens with one attached hydrogen (secondary N) is 1. The van der Waals surface area contributed by atoms with E-state index in [1.165, 1.54) is 5.56 Å². The highest BCUT2D eigenvalue weighted by molar-refractivity contribution is 5.75. The van der Waals surface area contributed by atoms with E-state index in [2.05, 4.69) is 5.32 Å². The molecule has 0 spiro atoms. The predicted octanol–water partition coefficient (Wildman–Crippen LogP) is 3.24. The van der Waals surface area contributed by atoms with E-state index in [4.69, 9.17) is 19.3 Å². The number of para-hydroxylation sites is 2. The molecule has 0 amide bonds. The Morgan fingerprint density at radius 1 is 1.12 bits per heavy atom. The average molecular weight is 335 g/mol. The zero-order chi connectivity index (χ0) is 16.8. The van der Waals surface area contributed by atoms with Crippen LogP contribution in [-0.4, -0.2) is 30.2 Å². The summed E-state index contributed by atoms with van der Waals surface area (Å²) in [6, 6.07) is 13.9. The van der Waals surface area contributed by atoms with Gasteiger partial charge in [0.25, 0.3) is 0 Å². The molecule has 3 heterocycles. The summed E-state index contributed by atoms with van der Waals surface area (Å²) >= 11 is 0. The van der Waals surface area contributed by atoms with E-state index < -0.39 is 0 Å². The average Bonchev–Trinajstić information content (AvgIpc) is 3.37. The molecular formula is C19H17N3O3. The fourth-order valence-electron chi connectivity index (χ4n) is 3.43. The molecular weight excluding hydrogens is 318 g/mol. The SMILES string of the molecule is COc1ccccc1-n1nc(-c2ccc3c(c2)OCO3)c2c1NCC2. The first-order chi connectivity index (χ1) is 12.3. The smallest absolute Gasteiger partial charge is 0.231 e. The van der Waals surface area contributed by atoms with Crippen LogP contribution in [0.25, 0.3) is 16.9 Å². The third-order valence-electron chi connectivity index (χ3n) is 4.61. The molecule has 126 valence electrons. The van der Waals surface area contributed by atoms with Gasteiger partial charge in [-0.2, -0.15) is 5.10 Å². The molecule has 6 nitrogen and oxygen atoms in total. The molecule has 25 heavy (non-hydrogen) atoms. The van der Waals surface area contributed by atoms with Gasteiger partial charge in [0.1, 0.15) is 17.3 Å². The number of hydrogen-bond acceptors (Lipinski definition) is 5.